The first-order valence-electron chi connectivity index (χ1n) is 9.44. The standard InChI is InChI=1S/C21H21FN4O3/c22-17-8-6-15(7-9-17)14-18(27)23-19(16-4-2-1-3-5-16)20-24-25-21(29-20)26-10-12-28-13-11-26/h1-9,19H,10-14H2,(H,23,27). The number of carbonyl (C=O) groups is 1. The molecule has 2 aromatic carbocycles. The van der Waals surface area contributed by atoms with Gasteiger partial charge in [0.15, 0.2) is 0 Å². The van der Waals surface area contributed by atoms with Gasteiger partial charge in [0.05, 0.1) is 19.6 Å². The normalized spacial score (nSPS) is 15.1. The van der Waals surface area contributed by atoms with Crippen LogP contribution in [0, 0.1) is 5.82 Å². The Kier molecular flexibility index (Phi) is 5.81. The maximum atomic E-state index is 13.1. The van der Waals surface area contributed by atoms with Crippen LogP contribution in [0.5, 0.6) is 0 Å². The van der Waals surface area contributed by atoms with Crippen molar-refractivity contribution in [3.63, 3.8) is 0 Å². The van der Waals surface area contributed by atoms with Crippen LogP contribution < -0.4 is 10.2 Å². The number of anilines is 1. The van der Waals surface area contributed by atoms with Gasteiger partial charge in [0.2, 0.25) is 11.8 Å². The molecule has 150 valence electrons. The molecular formula is C21H21FN4O3. The smallest absolute Gasteiger partial charge is 0.318 e. The number of hydrogen-bond acceptors (Lipinski definition) is 6. The lowest BCUT2D eigenvalue weighted by molar-refractivity contribution is -0.121. The summed E-state index contributed by atoms with van der Waals surface area (Å²) in [6, 6.07) is 15.1. The third-order valence-corrected chi connectivity index (χ3v) is 4.67. The van der Waals surface area contributed by atoms with Crippen molar-refractivity contribution in [1.29, 1.82) is 0 Å². The number of aromatic nitrogens is 2. The zero-order valence-electron chi connectivity index (χ0n) is 15.8. The van der Waals surface area contributed by atoms with Crippen LogP contribution in [0.1, 0.15) is 23.1 Å². The molecule has 2 heterocycles. The Labute approximate surface area is 167 Å². The zero-order valence-corrected chi connectivity index (χ0v) is 15.8. The van der Waals surface area contributed by atoms with Gasteiger partial charge in [-0.05, 0) is 23.3 Å². The van der Waals surface area contributed by atoms with Crippen LogP contribution in [0.4, 0.5) is 10.4 Å². The van der Waals surface area contributed by atoms with Crippen molar-refractivity contribution in [2.75, 3.05) is 31.2 Å². The molecule has 1 fully saturated rings. The third-order valence-electron chi connectivity index (χ3n) is 4.67. The van der Waals surface area contributed by atoms with Gasteiger partial charge in [-0.2, -0.15) is 0 Å². The Balaban J connectivity index is 1.53. The fourth-order valence-corrected chi connectivity index (χ4v) is 3.16. The van der Waals surface area contributed by atoms with Crippen molar-refractivity contribution in [1.82, 2.24) is 15.5 Å². The highest BCUT2D eigenvalue weighted by Gasteiger charge is 2.25. The lowest BCUT2D eigenvalue weighted by atomic mass is 10.1. The summed E-state index contributed by atoms with van der Waals surface area (Å²) < 4.78 is 24.3. The number of hydrogen-bond donors (Lipinski definition) is 1. The topological polar surface area (TPSA) is 80.5 Å². The monoisotopic (exact) mass is 396 g/mol. The molecule has 1 amide bonds. The minimum absolute atomic E-state index is 0.119. The van der Waals surface area contributed by atoms with Crippen LogP contribution in [-0.2, 0) is 16.0 Å². The molecule has 0 saturated carbocycles. The minimum Gasteiger partial charge on any atom is -0.405 e. The summed E-state index contributed by atoms with van der Waals surface area (Å²) in [5.41, 5.74) is 1.55. The number of morpholine rings is 1. The number of carbonyl (C=O) groups excluding carboxylic acids is 1. The highest BCUT2D eigenvalue weighted by Crippen LogP contribution is 2.24. The van der Waals surface area contributed by atoms with E-state index in [4.69, 9.17) is 9.15 Å². The molecule has 0 aliphatic carbocycles. The molecule has 4 rings (SSSR count). The lowest BCUT2D eigenvalue weighted by Gasteiger charge is -2.24. The van der Waals surface area contributed by atoms with Crippen LogP contribution in [0.15, 0.2) is 59.0 Å². The number of benzene rings is 2. The maximum Gasteiger partial charge on any atom is 0.318 e. The number of rotatable bonds is 6. The van der Waals surface area contributed by atoms with Gasteiger partial charge < -0.3 is 19.4 Å². The zero-order chi connectivity index (χ0) is 20.1. The van der Waals surface area contributed by atoms with Crippen molar-refractivity contribution in [3.8, 4) is 0 Å². The fourth-order valence-electron chi connectivity index (χ4n) is 3.16. The highest BCUT2D eigenvalue weighted by atomic mass is 19.1. The number of ether oxygens (including phenoxy) is 1. The van der Waals surface area contributed by atoms with E-state index >= 15 is 0 Å². The van der Waals surface area contributed by atoms with Crippen molar-refractivity contribution >= 4 is 11.9 Å². The molecule has 1 unspecified atom stereocenters. The molecule has 0 bridgehead atoms. The van der Waals surface area contributed by atoms with Crippen molar-refractivity contribution < 1.29 is 18.3 Å². The van der Waals surface area contributed by atoms with Gasteiger partial charge >= 0.3 is 6.01 Å². The SMILES string of the molecule is O=C(Cc1ccc(F)cc1)NC(c1ccccc1)c1nnc(N2CCOCC2)o1. The van der Waals surface area contributed by atoms with E-state index < -0.39 is 6.04 Å². The predicted molar refractivity (Wildman–Crippen MR) is 104 cm³/mol. The van der Waals surface area contributed by atoms with Crippen LogP contribution in [0.25, 0.3) is 0 Å². The molecule has 8 heteroatoms. The van der Waals surface area contributed by atoms with Crippen molar-refractivity contribution in [2.24, 2.45) is 0 Å². The van der Waals surface area contributed by atoms with Gasteiger partial charge in [0.25, 0.3) is 0 Å². The molecule has 1 aliphatic rings. The Bertz CT molecular complexity index is 940. The van der Waals surface area contributed by atoms with Crippen LogP contribution in [0.3, 0.4) is 0 Å². The third kappa shape index (κ3) is 4.78. The minimum atomic E-state index is -0.577. The van der Waals surface area contributed by atoms with E-state index in [9.17, 15) is 9.18 Å². The van der Waals surface area contributed by atoms with E-state index in [1.165, 1.54) is 12.1 Å². The number of halogens is 1. The Morgan fingerprint density at radius 1 is 1.07 bits per heavy atom. The molecule has 0 radical (unpaired) electrons. The molecule has 29 heavy (non-hydrogen) atoms. The highest BCUT2D eigenvalue weighted by molar-refractivity contribution is 5.79. The largest absolute Gasteiger partial charge is 0.405 e. The van der Waals surface area contributed by atoms with Gasteiger partial charge in [-0.1, -0.05) is 47.6 Å². The van der Waals surface area contributed by atoms with E-state index in [2.05, 4.69) is 15.5 Å². The molecule has 7 nitrogen and oxygen atoms in total. The first-order chi connectivity index (χ1) is 14.2. The van der Waals surface area contributed by atoms with Gasteiger partial charge in [-0.25, -0.2) is 4.39 Å². The molecule has 1 N–H and O–H groups in total. The van der Waals surface area contributed by atoms with Gasteiger partial charge in [-0.3, -0.25) is 4.79 Å². The van der Waals surface area contributed by atoms with Gasteiger partial charge in [-0.15, -0.1) is 5.10 Å². The van der Waals surface area contributed by atoms with E-state index in [1.54, 1.807) is 12.1 Å². The first-order valence-corrected chi connectivity index (χ1v) is 9.44. The second kappa shape index (κ2) is 8.83. The number of nitrogens with one attached hydrogen (secondary N) is 1. The molecule has 1 atom stereocenters. The number of nitrogens with zero attached hydrogens (tertiary/aromatic N) is 3. The van der Waals surface area contributed by atoms with Crippen molar-refractivity contribution in [2.45, 2.75) is 12.5 Å². The summed E-state index contributed by atoms with van der Waals surface area (Å²) in [7, 11) is 0. The molecule has 1 saturated heterocycles. The average Bonchev–Trinajstić information content (AvgIpc) is 3.25. The van der Waals surface area contributed by atoms with Gasteiger partial charge in [0.1, 0.15) is 11.9 Å². The quantitative estimate of drug-likeness (QED) is 0.690. The van der Waals surface area contributed by atoms with E-state index in [0.29, 0.717) is 38.2 Å². The summed E-state index contributed by atoms with van der Waals surface area (Å²) in [5.74, 6) is -0.250. The van der Waals surface area contributed by atoms with Crippen molar-refractivity contribution in [3.05, 3.63) is 77.4 Å². The first kappa shape index (κ1) is 19.1. The summed E-state index contributed by atoms with van der Waals surface area (Å²) in [4.78, 5) is 14.6. The Morgan fingerprint density at radius 2 is 1.79 bits per heavy atom. The Morgan fingerprint density at radius 3 is 2.52 bits per heavy atom. The van der Waals surface area contributed by atoms with Gasteiger partial charge in [0, 0.05) is 13.1 Å². The van der Waals surface area contributed by atoms with E-state index in [0.717, 1.165) is 11.1 Å². The molecule has 1 aromatic heterocycles. The van der Waals surface area contributed by atoms with E-state index in [-0.39, 0.29) is 18.1 Å². The molecule has 1 aliphatic heterocycles. The van der Waals surface area contributed by atoms with Crippen LogP contribution in [0.2, 0.25) is 0 Å². The summed E-state index contributed by atoms with van der Waals surface area (Å²) in [6.07, 6.45) is 0.119. The molecule has 3 aromatic rings. The summed E-state index contributed by atoms with van der Waals surface area (Å²) in [6.45, 7) is 2.56. The predicted octanol–water partition coefficient (Wildman–Crippen LogP) is 2.49. The second-order valence-corrected chi connectivity index (χ2v) is 6.74. The maximum absolute atomic E-state index is 13.1. The summed E-state index contributed by atoms with van der Waals surface area (Å²) >= 11 is 0. The number of amides is 1. The second-order valence-electron chi connectivity index (χ2n) is 6.74. The van der Waals surface area contributed by atoms with Crippen LogP contribution >= 0.6 is 0 Å². The van der Waals surface area contributed by atoms with E-state index in [1.807, 2.05) is 35.2 Å². The fraction of sp³-hybridized carbons (Fsp3) is 0.286. The average molecular weight is 396 g/mol. The summed E-state index contributed by atoms with van der Waals surface area (Å²) in [5, 5.41) is 11.3. The lowest BCUT2D eigenvalue weighted by Crippen LogP contribution is -2.36. The Hall–Kier alpha value is -3.26. The molecular weight excluding hydrogens is 375 g/mol. The molecule has 0 spiro atoms. The van der Waals surface area contributed by atoms with Crippen LogP contribution in [-0.4, -0.2) is 42.4 Å².